The van der Waals surface area contributed by atoms with E-state index >= 15 is 0 Å². The third-order valence-corrected chi connectivity index (χ3v) is 6.09. The number of ether oxygens (including phenoxy) is 3. The van der Waals surface area contributed by atoms with Crippen LogP contribution in [0.1, 0.15) is 27.4 Å². The Hall–Kier alpha value is -4.33. The Morgan fingerprint density at radius 2 is 1.51 bits per heavy atom. The molecule has 0 unspecified atom stereocenters. The highest BCUT2D eigenvalue weighted by Gasteiger charge is 2.20. The SMILES string of the molecule is COc1cc(-c2noc(CCN(CCc3ccccc3)C(=O)c3ccc(C)cc3)n2)cc(OC)c1OC. The van der Waals surface area contributed by atoms with E-state index in [0.29, 0.717) is 59.6 Å². The Bertz CT molecular complexity index is 1290. The third kappa shape index (κ3) is 6.27. The summed E-state index contributed by atoms with van der Waals surface area (Å²) in [6.07, 6.45) is 1.17. The molecule has 0 aliphatic heterocycles. The summed E-state index contributed by atoms with van der Waals surface area (Å²) in [7, 11) is 4.66. The lowest BCUT2D eigenvalue weighted by molar-refractivity contribution is 0.0756. The lowest BCUT2D eigenvalue weighted by atomic mass is 10.1. The minimum Gasteiger partial charge on any atom is -0.493 e. The van der Waals surface area contributed by atoms with Gasteiger partial charge in [-0.15, -0.1) is 0 Å². The predicted molar refractivity (Wildman–Crippen MR) is 140 cm³/mol. The van der Waals surface area contributed by atoms with Gasteiger partial charge in [-0.05, 0) is 43.2 Å². The zero-order valence-electron chi connectivity index (χ0n) is 21.6. The summed E-state index contributed by atoms with van der Waals surface area (Å²) in [6, 6.07) is 21.3. The number of nitrogens with zero attached hydrogens (tertiary/aromatic N) is 3. The van der Waals surface area contributed by atoms with E-state index in [0.717, 1.165) is 12.0 Å². The molecule has 37 heavy (non-hydrogen) atoms. The summed E-state index contributed by atoms with van der Waals surface area (Å²) in [5, 5.41) is 4.14. The van der Waals surface area contributed by atoms with E-state index in [-0.39, 0.29) is 5.91 Å². The van der Waals surface area contributed by atoms with E-state index in [4.69, 9.17) is 18.7 Å². The van der Waals surface area contributed by atoms with Gasteiger partial charge in [-0.2, -0.15) is 4.98 Å². The van der Waals surface area contributed by atoms with Crippen molar-refractivity contribution in [3.8, 4) is 28.6 Å². The van der Waals surface area contributed by atoms with Gasteiger partial charge >= 0.3 is 0 Å². The van der Waals surface area contributed by atoms with Gasteiger partial charge in [0.15, 0.2) is 11.5 Å². The second-order valence-corrected chi connectivity index (χ2v) is 8.57. The molecule has 8 heteroatoms. The quantitative estimate of drug-likeness (QED) is 0.286. The van der Waals surface area contributed by atoms with E-state index in [1.165, 1.54) is 5.56 Å². The van der Waals surface area contributed by atoms with Crippen LogP contribution in [0.25, 0.3) is 11.4 Å². The van der Waals surface area contributed by atoms with Crippen molar-refractivity contribution >= 4 is 5.91 Å². The van der Waals surface area contributed by atoms with Crippen molar-refractivity contribution in [1.29, 1.82) is 0 Å². The minimum absolute atomic E-state index is 0.0275. The van der Waals surface area contributed by atoms with Crippen LogP contribution in [-0.2, 0) is 12.8 Å². The second kappa shape index (κ2) is 12.1. The zero-order valence-corrected chi connectivity index (χ0v) is 21.6. The maximum Gasteiger partial charge on any atom is 0.253 e. The molecule has 0 fully saturated rings. The van der Waals surface area contributed by atoms with Crippen molar-refractivity contribution in [3.05, 3.63) is 89.3 Å². The van der Waals surface area contributed by atoms with Crippen LogP contribution in [-0.4, -0.2) is 55.4 Å². The van der Waals surface area contributed by atoms with Crippen LogP contribution in [0.3, 0.4) is 0 Å². The summed E-state index contributed by atoms with van der Waals surface area (Å²) in [5.41, 5.74) is 3.60. The van der Waals surface area contributed by atoms with Gasteiger partial charge in [0.2, 0.25) is 17.5 Å². The van der Waals surface area contributed by atoms with Gasteiger partial charge in [0, 0.05) is 30.6 Å². The summed E-state index contributed by atoms with van der Waals surface area (Å²) in [4.78, 5) is 19.7. The molecular formula is C29H31N3O5. The predicted octanol–water partition coefficient (Wildman–Crippen LogP) is 5.00. The summed E-state index contributed by atoms with van der Waals surface area (Å²) >= 11 is 0. The smallest absolute Gasteiger partial charge is 0.253 e. The number of rotatable bonds is 11. The molecule has 0 spiro atoms. The standard InChI is InChI=1S/C29H31N3O5/c1-20-10-12-22(13-11-20)29(33)32(16-14-21-8-6-5-7-9-21)17-15-26-30-28(31-37-26)23-18-24(34-2)27(36-4)25(19-23)35-3/h5-13,18-19H,14-17H2,1-4H3. The topological polar surface area (TPSA) is 86.9 Å². The fourth-order valence-electron chi connectivity index (χ4n) is 4.02. The Morgan fingerprint density at radius 3 is 2.14 bits per heavy atom. The summed E-state index contributed by atoms with van der Waals surface area (Å²) in [5.74, 6) is 2.29. The molecule has 1 aromatic heterocycles. The van der Waals surface area contributed by atoms with Crippen LogP contribution in [0.4, 0.5) is 0 Å². The van der Waals surface area contributed by atoms with Crippen LogP contribution in [0, 0.1) is 6.92 Å². The highest BCUT2D eigenvalue weighted by atomic mass is 16.5. The van der Waals surface area contributed by atoms with Crippen LogP contribution < -0.4 is 14.2 Å². The summed E-state index contributed by atoms with van der Waals surface area (Å²) < 4.78 is 21.8. The Balaban J connectivity index is 1.51. The highest BCUT2D eigenvalue weighted by Crippen LogP contribution is 2.40. The van der Waals surface area contributed by atoms with Crippen LogP contribution >= 0.6 is 0 Å². The zero-order chi connectivity index (χ0) is 26.2. The van der Waals surface area contributed by atoms with Crippen molar-refractivity contribution in [2.45, 2.75) is 19.8 Å². The van der Waals surface area contributed by atoms with Gasteiger partial charge in [-0.25, -0.2) is 0 Å². The Labute approximate surface area is 216 Å². The number of aryl methyl sites for hydroxylation is 1. The first kappa shape index (κ1) is 25.8. The first-order valence-electron chi connectivity index (χ1n) is 12.0. The Morgan fingerprint density at radius 1 is 0.865 bits per heavy atom. The minimum atomic E-state index is -0.0275. The van der Waals surface area contributed by atoms with Crippen molar-refractivity contribution in [2.75, 3.05) is 34.4 Å². The fraction of sp³-hybridized carbons (Fsp3) is 0.276. The largest absolute Gasteiger partial charge is 0.493 e. The van der Waals surface area contributed by atoms with Gasteiger partial charge in [0.25, 0.3) is 5.91 Å². The van der Waals surface area contributed by atoms with Crippen molar-refractivity contribution < 1.29 is 23.5 Å². The first-order valence-corrected chi connectivity index (χ1v) is 12.0. The second-order valence-electron chi connectivity index (χ2n) is 8.57. The number of methoxy groups -OCH3 is 3. The monoisotopic (exact) mass is 501 g/mol. The molecule has 0 radical (unpaired) electrons. The maximum absolute atomic E-state index is 13.3. The lowest BCUT2D eigenvalue weighted by Crippen LogP contribution is -2.34. The van der Waals surface area contributed by atoms with Crippen molar-refractivity contribution in [3.63, 3.8) is 0 Å². The number of aromatic nitrogens is 2. The van der Waals surface area contributed by atoms with E-state index in [1.54, 1.807) is 33.5 Å². The van der Waals surface area contributed by atoms with E-state index in [2.05, 4.69) is 22.3 Å². The van der Waals surface area contributed by atoms with E-state index < -0.39 is 0 Å². The average molecular weight is 502 g/mol. The molecule has 0 saturated carbocycles. The van der Waals surface area contributed by atoms with Crippen LogP contribution in [0.15, 0.2) is 71.3 Å². The van der Waals surface area contributed by atoms with Crippen molar-refractivity contribution in [2.24, 2.45) is 0 Å². The molecule has 0 saturated heterocycles. The van der Waals surface area contributed by atoms with E-state index in [9.17, 15) is 4.79 Å². The number of carbonyl (C=O) groups excluding carboxylic acids is 1. The molecule has 0 atom stereocenters. The molecule has 0 aliphatic rings. The van der Waals surface area contributed by atoms with Gasteiger partial charge in [-0.3, -0.25) is 4.79 Å². The maximum atomic E-state index is 13.3. The van der Waals surface area contributed by atoms with Gasteiger partial charge < -0.3 is 23.6 Å². The molecule has 0 N–H and O–H groups in total. The molecule has 4 rings (SSSR count). The van der Waals surface area contributed by atoms with Gasteiger partial charge in [0.1, 0.15) is 0 Å². The number of amides is 1. The van der Waals surface area contributed by atoms with E-state index in [1.807, 2.05) is 54.3 Å². The molecule has 4 aromatic rings. The third-order valence-electron chi connectivity index (χ3n) is 6.09. The molecule has 1 amide bonds. The molecule has 192 valence electrons. The number of carbonyl (C=O) groups is 1. The first-order chi connectivity index (χ1) is 18.0. The highest BCUT2D eigenvalue weighted by molar-refractivity contribution is 5.94. The van der Waals surface area contributed by atoms with Crippen LogP contribution in [0.5, 0.6) is 17.2 Å². The van der Waals surface area contributed by atoms with Crippen LogP contribution in [0.2, 0.25) is 0 Å². The molecule has 3 aromatic carbocycles. The van der Waals surface area contributed by atoms with Gasteiger partial charge in [-0.1, -0.05) is 53.2 Å². The number of hydrogen-bond acceptors (Lipinski definition) is 7. The number of benzene rings is 3. The molecule has 8 nitrogen and oxygen atoms in total. The average Bonchev–Trinajstić information content (AvgIpc) is 3.42. The number of hydrogen-bond donors (Lipinski definition) is 0. The summed E-state index contributed by atoms with van der Waals surface area (Å²) in [6.45, 7) is 3.02. The molecular weight excluding hydrogens is 470 g/mol. The Kier molecular flexibility index (Phi) is 8.40. The normalized spacial score (nSPS) is 10.7. The lowest BCUT2D eigenvalue weighted by Gasteiger charge is -2.22. The molecule has 0 aliphatic carbocycles. The molecule has 1 heterocycles. The fourth-order valence-corrected chi connectivity index (χ4v) is 4.02. The van der Waals surface area contributed by atoms with Crippen molar-refractivity contribution in [1.82, 2.24) is 15.0 Å². The van der Waals surface area contributed by atoms with Gasteiger partial charge in [0.05, 0.1) is 21.3 Å². The molecule has 0 bridgehead atoms.